The van der Waals surface area contributed by atoms with Gasteiger partial charge in [0.05, 0.1) is 18.7 Å². The number of amides is 1. The first-order valence-corrected chi connectivity index (χ1v) is 7.08. The first kappa shape index (κ1) is 13.9. The van der Waals surface area contributed by atoms with E-state index in [1.165, 1.54) is 0 Å². The number of hydrogen-bond acceptors (Lipinski definition) is 5. The number of furan rings is 1. The fourth-order valence-corrected chi connectivity index (χ4v) is 2.39. The molecule has 1 aliphatic heterocycles. The normalized spacial score (nSPS) is 19.5. The number of hydrogen-bond donors (Lipinski definition) is 0. The van der Waals surface area contributed by atoms with Crippen molar-refractivity contribution in [2.45, 2.75) is 45.1 Å². The van der Waals surface area contributed by atoms with E-state index in [0.717, 1.165) is 5.76 Å². The maximum atomic E-state index is 12.1. The summed E-state index contributed by atoms with van der Waals surface area (Å²) in [6.07, 6.45) is 2.02. The van der Waals surface area contributed by atoms with Crippen molar-refractivity contribution in [3.05, 3.63) is 35.9 Å². The van der Waals surface area contributed by atoms with Gasteiger partial charge in [0.25, 0.3) is 0 Å². The Kier molecular flexibility index (Phi) is 3.31. The molecular weight excluding hydrogens is 270 g/mol. The van der Waals surface area contributed by atoms with E-state index in [-0.39, 0.29) is 17.2 Å². The minimum atomic E-state index is -0.155. The quantitative estimate of drug-likeness (QED) is 0.868. The van der Waals surface area contributed by atoms with E-state index >= 15 is 0 Å². The van der Waals surface area contributed by atoms with E-state index in [0.29, 0.717) is 31.2 Å². The summed E-state index contributed by atoms with van der Waals surface area (Å²) < 4.78 is 10.6. The summed E-state index contributed by atoms with van der Waals surface area (Å²) in [7, 11) is 0. The van der Waals surface area contributed by atoms with Crippen molar-refractivity contribution in [2.24, 2.45) is 0 Å². The van der Waals surface area contributed by atoms with Crippen molar-refractivity contribution in [3.63, 3.8) is 0 Å². The van der Waals surface area contributed by atoms with Crippen LogP contribution in [0.15, 0.2) is 27.3 Å². The third kappa shape index (κ3) is 2.84. The molecule has 2 aromatic heterocycles. The van der Waals surface area contributed by atoms with Gasteiger partial charge in [-0.3, -0.25) is 4.79 Å². The monoisotopic (exact) mass is 289 g/mol. The molecule has 21 heavy (non-hydrogen) atoms. The number of carbonyl (C=O) groups is 1. The molecule has 112 valence electrons. The second-order valence-corrected chi connectivity index (χ2v) is 6.46. The molecule has 0 radical (unpaired) electrons. The highest BCUT2D eigenvalue weighted by molar-refractivity contribution is 5.79. The summed E-state index contributed by atoms with van der Waals surface area (Å²) in [5.41, 5.74) is -0.155. The van der Waals surface area contributed by atoms with Crippen molar-refractivity contribution in [1.29, 1.82) is 0 Å². The van der Waals surface area contributed by atoms with E-state index in [1.807, 2.05) is 32.9 Å². The third-order valence-electron chi connectivity index (χ3n) is 3.60. The number of rotatable bonds is 3. The lowest BCUT2D eigenvalue weighted by molar-refractivity contribution is -0.128. The molecule has 1 atom stereocenters. The standard InChI is InChI=1S/C15H19N3O3/c1-15(2,3)14-16-13(21-17-14)10-7-12(19)18(8-10)9-11-5-4-6-20-11/h4-6,10H,7-9H2,1-3H3. The maximum Gasteiger partial charge on any atom is 0.232 e. The zero-order chi connectivity index (χ0) is 15.0. The first-order chi connectivity index (χ1) is 9.93. The predicted molar refractivity (Wildman–Crippen MR) is 74.5 cm³/mol. The van der Waals surface area contributed by atoms with Crippen LogP contribution in [0.2, 0.25) is 0 Å². The van der Waals surface area contributed by atoms with Crippen LogP contribution in [0.25, 0.3) is 0 Å². The van der Waals surface area contributed by atoms with Gasteiger partial charge in [-0.25, -0.2) is 0 Å². The summed E-state index contributed by atoms with van der Waals surface area (Å²) in [4.78, 5) is 18.3. The highest BCUT2D eigenvalue weighted by Gasteiger charge is 2.35. The summed E-state index contributed by atoms with van der Waals surface area (Å²) in [5.74, 6) is 2.07. The second kappa shape index (κ2) is 5.02. The Morgan fingerprint density at radius 2 is 2.24 bits per heavy atom. The van der Waals surface area contributed by atoms with E-state index in [2.05, 4.69) is 10.1 Å². The molecule has 1 fully saturated rings. The van der Waals surface area contributed by atoms with Gasteiger partial charge in [0.15, 0.2) is 5.82 Å². The maximum absolute atomic E-state index is 12.1. The van der Waals surface area contributed by atoms with Crippen molar-refractivity contribution in [2.75, 3.05) is 6.54 Å². The summed E-state index contributed by atoms with van der Waals surface area (Å²) in [6.45, 7) is 7.17. The number of aromatic nitrogens is 2. The Balaban J connectivity index is 1.71. The van der Waals surface area contributed by atoms with Crippen LogP contribution in [0, 0.1) is 0 Å². The molecule has 1 aliphatic rings. The third-order valence-corrected chi connectivity index (χ3v) is 3.60. The van der Waals surface area contributed by atoms with Crippen LogP contribution in [0.4, 0.5) is 0 Å². The van der Waals surface area contributed by atoms with Crippen LogP contribution in [0.1, 0.15) is 50.6 Å². The van der Waals surface area contributed by atoms with Gasteiger partial charge in [0.1, 0.15) is 5.76 Å². The summed E-state index contributed by atoms with van der Waals surface area (Å²) in [6, 6.07) is 3.69. The molecule has 6 nitrogen and oxygen atoms in total. The molecule has 3 heterocycles. The number of likely N-dealkylation sites (tertiary alicyclic amines) is 1. The lowest BCUT2D eigenvalue weighted by Crippen LogP contribution is -2.24. The van der Waals surface area contributed by atoms with E-state index in [9.17, 15) is 4.79 Å². The Bertz CT molecular complexity index is 625. The topological polar surface area (TPSA) is 72.4 Å². The van der Waals surface area contributed by atoms with Crippen LogP contribution in [0.5, 0.6) is 0 Å². The van der Waals surface area contributed by atoms with Crippen LogP contribution >= 0.6 is 0 Å². The van der Waals surface area contributed by atoms with Crippen LogP contribution in [-0.4, -0.2) is 27.5 Å². The van der Waals surface area contributed by atoms with Crippen molar-refractivity contribution >= 4 is 5.91 Å². The van der Waals surface area contributed by atoms with E-state index in [1.54, 1.807) is 11.2 Å². The summed E-state index contributed by atoms with van der Waals surface area (Å²) >= 11 is 0. The molecular formula is C15H19N3O3. The molecule has 1 unspecified atom stereocenters. The fourth-order valence-electron chi connectivity index (χ4n) is 2.39. The minimum Gasteiger partial charge on any atom is -0.467 e. The Labute approximate surface area is 123 Å². The SMILES string of the molecule is CC(C)(C)c1noc(C2CC(=O)N(Cc3ccco3)C2)n1. The molecule has 1 amide bonds. The molecule has 0 saturated carbocycles. The van der Waals surface area contributed by atoms with Gasteiger partial charge in [0, 0.05) is 18.4 Å². The van der Waals surface area contributed by atoms with Crippen LogP contribution in [-0.2, 0) is 16.8 Å². The molecule has 3 rings (SSSR count). The predicted octanol–water partition coefficient (Wildman–Crippen LogP) is 2.48. The van der Waals surface area contributed by atoms with Gasteiger partial charge in [-0.1, -0.05) is 25.9 Å². The molecule has 0 N–H and O–H groups in total. The van der Waals surface area contributed by atoms with Gasteiger partial charge < -0.3 is 13.8 Å². The smallest absolute Gasteiger partial charge is 0.232 e. The molecule has 2 aromatic rings. The van der Waals surface area contributed by atoms with Crippen molar-refractivity contribution in [3.8, 4) is 0 Å². The van der Waals surface area contributed by atoms with E-state index in [4.69, 9.17) is 8.94 Å². The van der Waals surface area contributed by atoms with E-state index < -0.39 is 0 Å². The van der Waals surface area contributed by atoms with Crippen LogP contribution < -0.4 is 0 Å². The second-order valence-electron chi connectivity index (χ2n) is 6.46. The van der Waals surface area contributed by atoms with Gasteiger partial charge in [-0.2, -0.15) is 4.98 Å². The number of carbonyl (C=O) groups excluding carboxylic acids is 1. The minimum absolute atomic E-state index is 0.0314. The Morgan fingerprint density at radius 3 is 2.86 bits per heavy atom. The van der Waals surface area contributed by atoms with Crippen molar-refractivity contribution < 1.29 is 13.7 Å². The molecule has 0 aliphatic carbocycles. The zero-order valence-corrected chi connectivity index (χ0v) is 12.5. The van der Waals surface area contributed by atoms with Gasteiger partial charge in [0.2, 0.25) is 11.8 Å². The molecule has 0 spiro atoms. The molecule has 0 bridgehead atoms. The number of nitrogens with zero attached hydrogens (tertiary/aromatic N) is 3. The average molecular weight is 289 g/mol. The Morgan fingerprint density at radius 1 is 1.43 bits per heavy atom. The van der Waals surface area contributed by atoms with Gasteiger partial charge in [-0.15, -0.1) is 0 Å². The molecule has 1 saturated heterocycles. The lowest BCUT2D eigenvalue weighted by atomic mass is 9.96. The highest BCUT2D eigenvalue weighted by atomic mass is 16.5. The van der Waals surface area contributed by atoms with Gasteiger partial charge >= 0.3 is 0 Å². The molecule has 6 heteroatoms. The summed E-state index contributed by atoms with van der Waals surface area (Å²) in [5, 5.41) is 4.02. The average Bonchev–Trinajstić information content (AvgIpc) is 3.11. The largest absolute Gasteiger partial charge is 0.467 e. The lowest BCUT2D eigenvalue weighted by Gasteiger charge is -2.14. The zero-order valence-electron chi connectivity index (χ0n) is 12.5. The highest BCUT2D eigenvalue weighted by Crippen LogP contribution is 2.29. The van der Waals surface area contributed by atoms with Gasteiger partial charge in [-0.05, 0) is 12.1 Å². The molecule has 0 aromatic carbocycles. The fraction of sp³-hybridized carbons (Fsp3) is 0.533. The first-order valence-electron chi connectivity index (χ1n) is 7.08. The van der Waals surface area contributed by atoms with Crippen molar-refractivity contribution in [1.82, 2.24) is 15.0 Å². The van der Waals surface area contributed by atoms with Crippen LogP contribution in [0.3, 0.4) is 0 Å². The Hall–Kier alpha value is -2.11.